The molecule has 1 aromatic rings. The van der Waals surface area contributed by atoms with E-state index in [2.05, 4.69) is 9.97 Å². The molecule has 0 aromatic carbocycles. The number of carboxylic acids is 1. The van der Waals surface area contributed by atoms with Crippen LogP contribution in [0.5, 0.6) is 0 Å². The Kier molecular flexibility index (Phi) is 3.24. The standard InChI is InChI=1S/C10H15N3O2/c1-6(2)7-5-8(13(3)4)12-9(11-7)10(14)15/h5-6H,1-4H3,(H,14,15). The number of carboxylic acid groups (broad SMARTS) is 1. The lowest BCUT2D eigenvalue weighted by Gasteiger charge is -2.14. The largest absolute Gasteiger partial charge is 0.475 e. The monoisotopic (exact) mass is 209 g/mol. The van der Waals surface area contributed by atoms with Crippen LogP contribution >= 0.6 is 0 Å². The fourth-order valence-corrected chi connectivity index (χ4v) is 1.07. The SMILES string of the molecule is CC(C)c1cc(N(C)C)nc(C(=O)O)n1. The first-order valence-electron chi connectivity index (χ1n) is 4.71. The van der Waals surface area contributed by atoms with Crippen LogP contribution in [0.1, 0.15) is 36.1 Å². The summed E-state index contributed by atoms with van der Waals surface area (Å²) < 4.78 is 0. The second-order valence-corrected chi connectivity index (χ2v) is 3.83. The molecule has 0 bridgehead atoms. The predicted octanol–water partition coefficient (Wildman–Crippen LogP) is 1.36. The summed E-state index contributed by atoms with van der Waals surface area (Å²) in [7, 11) is 3.64. The van der Waals surface area contributed by atoms with Crippen molar-refractivity contribution in [2.75, 3.05) is 19.0 Å². The van der Waals surface area contributed by atoms with Gasteiger partial charge in [0.25, 0.3) is 0 Å². The molecule has 0 amide bonds. The number of nitrogens with zero attached hydrogens (tertiary/aromatic N) is 3. The summed E-state index contributed by atoms with van der Waals surface area (Å²) in [5.41, 5.74) is 0.742. The van der Waals surface area contributed by atoms with Crippen molar-refractivity contribution in [3.8, 4) is 0 Å². The molecule has 0 aliphatic rings. The molecule has 0 saturated carbocycles. The van der Waals surface area contributed by atoms with Crippen molar-refractivity contribution in [1.82, 2.24) is 9.97 Å². The van der Waals surface area contributed by atoms with Crippen LogP contribution in [0.2, 0.25) is 0 Å². The third-order valence-electron chi connectivity index (χ3n) is 1.97. The van der Waals surface area contributed by atoms with E-state index >= 15 is 0 Å². The lowest BCUT2D eigenvalue weighted by Crippen LogP contribution is -2.16. The van der Waals surface area contributed by atoms with Crippen LogP contribution in [0.3, 0.4) is 0 Å². The third-order valence-corrected chi connectivity index (χ3v) is 1.97. The zero-order valence-electron chi connectivity index (χ0n) is 9.35. The molecule has 1 rings (SSSR count). The highest BCUT2D eigenvalue weighted by Crippen LogP contribution is 2.16. The maximum Gasteiger partial charge on any atom is 0.374 e. The van der Waals surface area contributed by atoms with Crippen molar-refractivity contribution in [2.45, 2.75) is 19.8 Å². The molecule has 0 radical (unpaired) electrons. The predicted molar refractivity (Wildman–Crippen MR) is 57.4 cm³/mol. The Morgan fingerprint density at radius 2 is 2.00 bits per heavy atom. The maximum absolute atomic E-state index is 10.8. The Morgan fingerprint density at radius 3 is 2.40 bits per heavy atom. The molecule has 0 saturated heterocycles. The third kappa shape index (κ3) is 2.65. The Morgan fingerprint density at radius 1 is 1.40 bits per heavy atom. The molecular formula is C10H15N3O2. The number of hydrogen-bond acceptors (Lipinski definition) is 4. The average molecular weight is 209 g/mol. The molecule has 0 atom stereocenters. The van der Waals surface area contributed by atoms with Gasteiger partial charge in [-0.15, -0.1) is 0 Å². The van der Waals surface area contributed by atoms with E-state index in [1.165, 1.54) is 0 Å². The summed E-state index contributed by atoms with van der Waals surface area (Å²) in [5, 5.41) is 8.85. The lowest BCUT2D eigenvalue weighted by molar-refractivity contribution is 0.0683. The zero-order valence-corrected chi connectivity index (χ0v) is 9.35. The van der Waals surface area contributed by atoms with Crippen molar-refractivity contribution < 1.29 is 9.90 Å². The zero-order chi connectivity index (χ0) is 11.6. The number of aromatic nitrogens is 2. The molecule has 0 unspecified atom stereocenters. The van der Waals surface area contributed by atoms with Gasteiger partial charge < -0.3 is 10.0 Å². The highest BCUT2D eigenvalue weighted by Gasteiger charge is 2.13. The van der Waals surface area contributed by atoms with Crippen LogP contribution in [0.15, 0.2) is 6.07 Å². The minimum absolute atomic E-state index is 0.148. The fraction of sp³-hybridized carbons (Fsp3) is 0.500. The van der Waals surface area contributed by atoms with E-state index in [1.54, 1.807) is 11.0 Å². The molecule has 0 fully saturated rings. The van der Waals surface area contributed by atoms with E-state index in [1.807, 2.05) is 27.9 Å². The minimum atomic E-state index is -1.10. The van der Waals surface area contributed by atoms with E-state index < -0.39 is 5.97 Å². The van der Waals surface area contributed by atoms with Gasteiger partial charge >= 0.3 is 5.97 Å². The summed E-state index contributed by atoms with van der Waals surface area (Å²) in [4.78, 5) is 20.5. The van der Waals surface area contributed by atoms with Crippen LogP contribution in [-0.2, 0) is 0 Å². The van der Waals surface area contributed by atoms with Gasteiger partial charge in [0.05, 0.1) is 0 Å². The van der Waals surface area contributed by atoms with Gasteiger partial charge in [0, 0.05) is 25.9 Å². The van der Waals surface area contributed by atoms with Crippen LogP contribution in [0, 0.1) is 0 Å². The highest BCUT2D eigenvalue weighted by molar-refractivity contribution is 5.83. The van der Waals surface area contributed by atoms with Crippen molar-refractivity contribution in [1.29, 1.82) is 0 Å². The minimum Gasteiger partial charge on any atom is -0.475 e. The van der Waals surface area contributed by atoms with Gasteiger partial charge in [0.2, 0.25) is 5.82 Å². The van der Waals surface area contributed by atoms with E-state index in [-0.39, 0.29) is 11.7 Å². The molecule has 5 heteroatoms. The first-order valence-corrected chi connectivity index (χ1v) is 4.71. The summed E-state index contributed by atoms with van der Waals surface area (Å²) in [6, 6.07) is 1.80. The molecule has 0 spiro atoms. The fourth-order valence-electron chi connectivity index (χ4n) is 1.07. The number of rotatable bonds is 3. The highest BCUT2D eigenvalue weighted by atomic mass is 16.4. The normalized spacial score (nSPS) is 10.5. The summed E-state index contributed by atoms with van der Waals surface area (Å²) in [5.74, 6) is -0.443. The first kappa shape index (κ1) is 11.4. The van der Waals surface area contributed by atoms with Crippen LogP contribution in [-0.4, -0.2) is 35.1 Å². The Bertz CT molecular complexity index is 349. The smallest absolute Gasteiger partial charge is 0.374 e. The van der Waals surface area contributed by atoms with Crippen molar-refractivity contribution in [2.24, 2.45) is 0 Å². The van der Waals surface area contributed by atoms with Crippen LogP contribution in [0.4, 0.5) is 5.82 Å². The molecule has 1 N–H and O–H groups in total. The van der Waals surface area contributed by atoms with E-state index in [0.29, 0.717) is 5.82 Å². The molecule has 82 valence electrons. The number of hydrogen-bond donors (Lipinski definition) is 1. The van der Waals surface area contributed by atoms with Gasteiger partial charge in [-0.25, -0.2) is 14.8 Å². The summed E-state index contributed by atoms with van der Waals surface area (Å²) in [6.45, 7) is 3.93. The topological polar surface area (TPSA) is 66.3 Å². The van der Waals surface area contributed by atoms with Crippen LogP contribution < -0.4 is 4.90 Å². The molecule has 0 aliphatic carbocycles. The second kappa shape index (κ2) is 4.25. The Hall–Kier alpha value is -1.65. The van der Waals surface area contributed by atoms with Crippen LogP contribution in [0.25, 0.3) is 0 Å². The van der Waals surface area contributed by atoms with Gasteiger partial charge in [-0.3, -0.25) is 0 Å². The van der Waals surface area contributed by atoms with Gasteiger partial charge in [0.15, 0.2) is 0 Å². The molecule has 5 nitrogen and oxygen atoms in total. The van der Waals surface area contributed by atoms with E-state index in [9.17, 15) is 4.79 Å². The maximum atomic E-state index is 10.8. The summed E-state index contributed by atoms with van der Waals surface area (Å²) in [6.07, 6.45) is 0. The average Bonchev–Trinajstić information content (AvgIpc) is 2.16. The number of carbonyl (C=O) groups is 1. The summed E-state index contributed by atoms with van der Waals surface area (Å²) >= 11 is 0. The molecule has 15 heavy (non-hydrogen) atoms. The first-order chi connectivity index (χ1) is 6.91. The Labute approximate surface area is 88.8 Å². The molecule has 1 aromatic heterocycles. The molecule has 1 heterocycles. The number of aromatic carboxylic acids is 1. The van der Waals surface area contributed by atoms with E-state index in [4.69, 9.17) is 5.11 Å². The number of anilines is 1. The van der Waals surface area contributed by atoms with Crippen molar-refractivity contribution in [3.63, 3.8) is 0 Å². The molecular weight excluding hydrogens is 194 g/mol. The van der Waals surface area contributed by atoms with Gasteiger partial charge in [-0.05, 0) is 5.92 Å². The Balaban J connectivity index is 3.26. The lowest BCUT2D eigenvalue weighted by atomic mass is 10.1. The van der Waals surface area contributed by atoms with Crippen molar-refractivity contribution >= 4 is 11.8 Å². The van der Waals surface area contributed by atoms with Gasteiger partial charge in [-0.2, -0.15) is 0 Å². The second-order valence-electron chi connectivity index (χ2n) is 3.83. The van der Waals surface area contributed by atoms with Crippen molar-refractivity contribution in [3.05, 3.63) is 17.6 Å². The molecule has 0 aliphatic heterocycles. The van der Waals surface area contributed by atoms with Gasteiger partial charge in [-0.1, -0.05) is 13.8 Å². The quantitative estimate of drug-likeness (QED) is 0.814. The van der Waals surface area contributed by atoms with E-state index in [0.717, 1.165) is 5.69 Å². The van der Waals surface area contributed by atoms with Gasteiger partial charge in [0.1, 0.15) is 5.82 Å².